The van der Waals surface area contributed by atoms with Crippen LogP contribution in [0.3, 0.4) is 0 Å². The van der Waals surface area contributed by atoms with Crippen LogP contribution in [0.1, 0.15) is 12.8 Å². The number of aliphatic hydroxyl groups excluding tert-OH is 7. The molecular weight excluding hydrogens is 434 g/mol. The van der Waals surface area contributed by atoms with Gasteiger partial charge in [-0.3, -0.25) is 0 Å². The predicted molar refractivity (Wildman–Crippen MR) is 104 cm³/mol. The van der Waals surface area contributed by atoms with Crippen LogP contribution in [0, 0.1) is 0 Å². The van der Waals surface area contributed by atoms with Crippen LogP contribution in [0.2, 0.25) is 0 Å². The van der Waals surface area contributed by atoms with Crippen LogP contribution in [0.15, 0.2) is 0 Å². The van der Waals surface area contributed by atoms with Gasteiger partial charge in [0.2, 0.25) is 0 Å². The molecular formula is C18H35N3O11. The van der Waals surface area contributed by atoms with Gasteiger partial charge in [-0.15, -0.1) is 0 Å². The summed E-state index contributed by atoms with van der Waals surface area (Å²) in [5, 5.41) is 70.6. The Labute approximate surface area is 184 Å². The normalized spacial score (nSPS) is 52.7. The molecule has 3 rings (SSSR count). The van der Waals surface area contributed by atoms with Gasteiger partial charge in [-0.2, -0.15) is 0 Å². The van der Waals surface area contributed by atoms with Crippen molar-refractivity contribution in [1.29, 1.82) is 0 Å². The summed E-state index contributed by atoms with van der Waals surface area (Å²) in [6, 6.07) is -1.83. The third-order valence-electron chi connectivity index (χ3n) is 6.36. The molecule has 3 fully saturated rings. The van der Waals surface area contributed by atoms with Crippen LogP contribution < -0.4 is 17.2 Å². The van der Waals surface area contributed by atoms with Gasteiger partial charge >= 0.3 is 0 Å². The van der Waals surface area contributed by atoms with Crippen LogP contribution in [-0.4, -0.2) is 135 Å². The highest BCUT2D eigenvalue weighted by Gasteiger charge is 2.49. The smallest absolute Gasteiger partial charge is 0.187 e. The fraction of sp³-hybridized carbons (Fsp3) is 1.00. The van der Waals surface area contributed by atoms with E-state index >= 15 is 0 Å². The van der Waals surface area contributed by atoms with Crippen molar-refractivity contribution in [2.45, 2.75) is 98.5 Å². The Morgan fingerprint density at radius 1 is 0.719 bits per heavy atom. The maximum Gasteiger partial charge on any atom is 0.187 e. The Kier molecular flexibility index (Phi) is 8.79. The van der Waals surface area contributed by atoms with Crippen molar-refractivity contribution >= 4 is 0 Å². The van der Waals surface area contributed by atoms with Crippen molar-refractivity contribution in [3.8, 4) is 0 Å². The van der Waals surface area contributed by atoms with Crippen molar-refractivity contribution < 1.29 is 54.7 Å². The van der Waals surface area contributed by atoms with E-state index in [0.717, 1.165) is 0 Å². The van der Waals surface area contributed by atoms with Crippen LogP contribution in [0.5, 0.6) is 0 Å². The highest BCUT2D eigenvalue weighted by atomic mass is 16.7. The van der Waals surface area contributed by atoms with E-state index < -0.39 is 92.3 Å². The Morgan fingerprint density at radius 3 is 1.97 bits per heavy atom. The summed E-state index contributed by atoms with van der Waals surface area (Å²) in [5.41, 5.74) is 17.4. The van der Waals surface area contributed by atoms with Crippen molar-refractivity contribution in [3.63, 3.8) is 0 Å². The van der Waals surface area contributed by atoms with E-state index in [1.54, 1.807) is 0 Å². The van der Waals surface area contributed by atoms with Gasteiger partial charge < -0.3 is 71.9 Å². The van der Waals surface area contributed by atoms with Gasteiger partial charge in [-0.05, 0) is 12.8 Å². The molecule has 3 aliphatic rings. The van der Waals surface area contributed by atoms with E-state index in [1.165, 1.54) is 0 Å². The molecule has 1 saturated carbocycles. The molecule has 2 aliphatic heterocycles. The van der Waals surface area contributed by atoms with Crippen molar-refractivity contribution in [1.82, 2.24) is 0 Å². The second kappa shape index (κ2) is 10.8. The predicted octanol–water partition coefficient (Wildman–Crippen LogP) is -6.23. The number of ether oxygens (including phenoxy) is 4. The lowest BCUT2D eigenvalue weighted by Gasteiger charge is -2.46. The first kappa shape index (κ1) is 26.1. The highest BCUT2D eigenvalue weighted by Crippen LogP contribution is 2.31. The van der Waals surface area contributed by atoms with Crippen LogP contribution >= 0.6 is 0 Å². The van der Waals surface area contributed by atoms with E-state index in [2.05, 4.69) is 0 Å². The van der Waals surface area contributed by atoms with Crippen LogP contribution in [0.4, 0.5) is 0 Å². The highest BCUT2D eigenvalue weighted by molar-refractivity contribution is 4.97. The third kappa shape index (κ3) is 5.08. The molecule has 2 heterocycles. The molecule has 0 amide bonds. The Balaban J connectivity index is 1.67. The van der Waals surface area contributed by atoms with Gasteiger partial charge in [-0.25, -0.2) is 0 Å². The minimum Gasteiger partial charge on any atom is -0.394 e. The zero-order valence-electron chi connectivity index (χ0n) is 17.4. The van der Waals surface area contributed by atoms with Gasteiger partial charge in [0.25, 0.3) is 0 Å². The summed E-state index contributed by atoms with van der Waals surface area (Å²) in [7, 11) is 0. The molecule has 0 radical (unpaired) electrons. The minimum absolute atomic E-state index is 0.148. The molecule has 14 heteroatoms. The second-order valence-corrected chi connectivity index (χ2v) is 8.54. The molecule has 14 atom stereocenters. The van der Waals surface area contributed by atoms with Gasteiger partial charge in [0, 0.05) is 12.6 Å². The average Bonchev–Trinajstić information content (AvgIpc) is 2.78. The molecule has 32 heavy (non-hydrogen) atoms. The molecule has 0 bridgehead atoms. The number of hydrogen-bond donors (Lipinski definition) is 10. The average molecular weight is 469 g/mol. The van der Waals surface area contributed by atoms with Gasteiger partial charge in [0.05, 0.1) is 18.8 Å². The largest absolute Gasteiger partial charge is 0.394 e. The van der Waals surface area contributed by atoms with Crippen LogP contribution in [-0.2, 0) is 18.9 Å². The quantitative estimate of drug-likeness (QED) is 0.174. The standard InChI is InChI=1S/C18H35N3O11/c19-3-7-11(24)14(27)15(28)18(30-7)32-16-5(20)1-2-6(12(16)25)29-17-13(26)9(21)10(23)8(4-22)31-17/h5-18,22-28H,1-4,19-21H2/t5-,6-,7-,8+,9-,10+,11-,12+,13+,14+,15-,16+,17-,18-/m0/s1. The number of hydrogen-bond acceptors (Lipinski definition) is 14. The maximum absolute atomic E-state index is 10.8. The molecule has 1 aliphatic carbocycles. The summed E-state index contributed by atoms with van der Waals surface area (Å²) < 4.78 is 22.2. The summed E-state index contributed by atoms with van der Waals surface area (Å²) >= 11 is 0. The first-order chi connectivity index (χ1) is 15.1. The fourth-order valence-corrected chi connectivity index (χ4v) is 4.27. The van der Waals surface area contributed by atoms with E-state index in [4.69, 9.17) is 36.1 Å². The molecule has 0 aromatic heterocycles. The molecule has 0 spiro atoms. The van der Waals surface area contributed by atoms with Crippen molar-refractivity contribution in [2.24, 2.45) is 17.2 Å². The first-order valence-electron chi connectivity index (χ1n) is 10.6. The van der Waals surface area contributed by atoms with Gasteiger partial charge in [0.1, 0.15) is 54.9 Å². The summed E-state index contributed by atoms with van der Waals surface area (Å²) in [6.07, 6.45) is -15.0. The van der Waals surface area contributed by atoms with Crippen molar-refractivity contribution in [3.05, 3.63) is 0 Å². The van der Waals surface area contributed by atoms with E-state index in [9.17, 15) is 35.7 Å². The number of aliphatic hydroxyl groups is 7. The molecule has 0 aromatic carbocycles. The summed E-state index contributed by atoms with van der Waals surface area (Å²) in [6.45, 7) is -0.705. The third-order valence-corrected chi connectivity index (χ3v) is 6.36. The lowest BCUT2D eigenvalue weighted by molar-refractivity contribution is -0.330. The Morgan fingerprint density at radius 2 is 1.34 bits per heavy atom. The lowest BCUT2D eigenvalue weighted by Crippen LogP contribution is -2.65. The second-order valence-electron chi connectivity index (χ2n) is 8.54. The van der Waals surface area contributed by atoms with E-state index in [-0.39, 0.29) is 13.0 Å². The van der Waals surface area contributed by atoms with Gasteiger partial charge in [-0.1, -0.05) is 0 Å². The molecule has 0 unspecified atom stereocenters. The Bertz CT molecular complexity index is 603. The number of nitrogens with two attached hydrogens (primary N) is 3. The summed E-state index contributed by atoms with van der Waals surface area (Å²) in [5.74, 6) is 0. The molecule has 13 N–H and O–H groups in total. The zero-order valence-corrected chi connectivity index (χ0v) is 17.4. The zero-order chi connectivity index (χ0) is 23.7. The van der Waals surface area contributed by atoms with Crippen LogP contribution in [0.25, 0.3) is 0 Å². The summed E-state index contributed by atoms with van der Waals surface area (Å²) in [4.78, 5) is 0. The Hall–Kier alpha value is -0.560. The minimum atomic E-state index is -1.62. The fourth-order valence-electron chi connectivity index (χ4n) is 4.27. The van der Waals surface area contributed by atoms with Crippen molar-refractivity contribution in [2.75, 3.05) is 13.2 Å². The van der Waals surface area contributed by atoms with E-state index in [0.29, 0.717) is 6.42 Å². The maximum atomic E-state index is 10.8. The van der Waals surface area contributed by atoms with E-state index in [1.807, 2.05) is 0 Å². The molecule has 2 saturated heterocycles. The molecule has 188 valence electrons. The SMILES string of the molecule is NC[C@@H]1O[C@@H](O[C@H]2[C@H](O)[C@@H](O[C@H]3O[C@H](CO)[C@@H](O)[C@H](N)[C@H]3O)CC[C@@H]2N)[C@@H](O)[C@H](O)[C@H]1O. The van der Waals surface area contributed by atoms with Gasteiger partial charge in [0.15, 0.2) is 12.6 Å². The number of rotatable bonds is 6. The molecule has 14 nitrogen and oxygen atoms in total. The first-order valence-corrected chi connectivity index (χ1v) is 10.6. The topological polar surface area (TPSA) is 257 Å². The monoisotopic (exact) mass is 469 g/mol. The molecule has 0 aromatic rings. The lowest BCUT2D eigenvalue weighted by atomic mass is 9.87.